The summed E-state index contributed by atoms with van der Waals surface area (Å²) in [6.45, 7) is 16.0. The van der Waals surface area contributed by atoms with Crippen LogP contribution in [0.1, 0.15) is 74.1 Å². The van der Waals surface area contributed by atoms with Crippen LogP contribution in [-0.2, 0) is 4.79 Å². The highest BCUT2D eigenvalue weighted by molar-refractivity contribution is 5.80. The summed E-state index contributed by atoms with van der Waals surface area (Å²) in [7, 11) is 0. The first-order valence-corrected chi connectivity index (χ1v) is 7.99. The van der Waals surface area contributed by atoms with Gasteiger partial charge in [-0.1, -0.05) is 40.5 Å². The molecule has 1 N–H and O–H groups in total. The molecule has 0 bridgehead atoms. The Labute approximate surface area is 124 Å². The third kappa shape index (κ3) is 3.03. The van der Waals surface area contributed by atoms with Crippen LogP contribution >= 0.6 is 0 Å². The minimum Gasteiger partial charge on any atom is -0.480 e. The predicted octanol–water partition coefficient (Wildman–Crippen LogP) is 4.17. The van der Waals surface area contributed by atoms with E-state index in [0.717, 1.165) is 32.2 Å². The number of aliphatic carboxylic acids is 1. The number of carboxylic acid groups (broad SMARTS) is 1. The molecule has 0 amide bonds. The van der Waals surface area contributed by atoms with Crippen molar-refractivity contribution in [1.82, 2.24) is 4.90 Å². The van der Waals surface area contributed by atoms with Crippen molar-refractivity contribution in [3.63, 3.8) is 0 Å². The van der Waals surface area contributed by atoms with Crippen LogP contribution in [0.25, 0.3) is 0 Å². The molecule has 1 fully saturated rings. The van der Waals surface area contributed by atoms with Crippen molar-refractivity contribution in [3.05, 3.63) is 0 Å². The SMILES string of the molecule is CCCC[C@@]1(C(=O)O)C(C(C)(C)C)CCN1C(C)(C)C. The van der Waals surface area contributed by atoms with Crippen molar-refractivity contribution in [2.45, 2.75) is 85.2 Å². The zero-order valence-corrected chi connectivity index (χ0v) is 14.4. The molecule has 3 heteroatoms. The molecule has 0 aromatic rings. The minimum atomic E-state index is -0.702. The van der Waals surface area contributed by atoms with Gasteiger partial charge in [0.1, 0.15) is 5.54 Å². The average Bonchev–Trinajstić information content (AvgIpc) is 2.65. The summed E-state index contributed by atoms with van der Waals surface area (Å²) < 4.78 is 0. The van der Waals surface area contributed by atoms with E-state index in [9.17, 15) is 9.90 Å². The molecule has 2 atom stereocenters. The first kappa shape index (κ1) is 17.5. The summed E-state index contributed by atoms with van der Waals surface area (Å²) in [6.07, 6.45) is 3.77. The first-order chi connectivity index (χ1) is 8.98. The van der Waals surface area contributed by atoms with Gasteiger partial charge in [-0.05, 0) is 44.9 Å². The second-order valence-electron chi connectivity index (χ2n) is 8.36. The molecule has 1 aliphatic heterocycles. The smallest absolute Gasteiger partial charge is 0.324 e. The highest BCUT2D eigenvalue weighted by Gasteiger charge is 2.59. The quantitative estimate of drug-likeness (QED) is 0.842. The molecule has 1 heterocycles. The molecule has 20 heavy (non-hydrogen) atoms. The molecular formula is C17H33NO2. The van der Waals surface area contributed by atoms with Crippen molar-refractivity contribution < 1.29 is 9.90 Å². The van der Waals surface area contributed by atoms with E-state index in [1.807, 2.05) is 0 Å². The van der Waals surface area contributed by atoms with Gasteiger partial charge in [0, 0.05) is 12.1 Å². The molecule has 0 aromatic carbocycles. The van der Waals surface area contributed by atoms with Crippen molar-refractivity contribution in [3.8, 4) is 0 Å². The summed E-state index contributed by atoms with van der Waals surface area (Å²) in [6, 6.07) is 0. The normalized spacial score (nSPS) is 28.9. The number of carboxylic acids is 1. The van der Waals surface area contributed by atoms with E-state index in [-0.39, 0.29) is 16.9 Å². The van der Waals surface area contributed by atoms with Gasteiger partial charge in [-0.3, -0.25) is 9.69 Å². The van der Waals surface area contributed by atoms with Crippen molar-refractivity contribution in [2.75, 3.05) is 6.54 Å². The number of hydrogen-bond donors (Lipinski definition) is 1. The van der Waals surface area contributed by atoms with E-state index in [0.29, 0.717) is 0 Å². The molecule has 118 valence electrons. The topological polar surface area (TPSA) is 40.5 Å². The summed E-state index contributed by atoms with van der Waals surface area (Å²) >= 11 is 0. The van der Waals surface area contributed by atoms with Crippen LogP contribution in [0.2, 0.25) is 0 Å². The van der Waals surface area contributed by atoms with Gasteiger partial charge in [0.05, 0.1) is 0 Å². The molecule has 3 nitrogen and oxygen atoms in total. The Hall–Kier alpha value is -0.570. The fourth-order valence-electron chi connectivity index (χ4n) is 4.09. The third-order valence-corrected chi connectivity index (χ3v) is 4.84. The summed E-state index contributed by atoms with van der Waals surface area (Å²) in [5.74, 6) is -0.420. The maximum atomic E-state index is 12.3. The molecule has 0 aromatic heterocycles. The van der Waals surface area contributed by atoms with Crippen LogP contribution in [0.4, 0.5) is 0 Å². The van der Waals surface area contributed by atoms with E-state index in [1.54, 1.807) is 0 Å². The monoisotopic (exact) mass is 283 g/mol. The Morgan fingerprint density at radius 1 is 1.25 bits per heavy atom. The fraction of sp³-hybridized carbons (Fsp3) is 0.941. The van der Waals surface area contributed by atoms with Crippen molar-refractivity contribution in [1.29, 1.82) is 0 Å². The van der Waals surface area contributed by atoms with E-state index in [2.05, 4.69) is 53.4 Å². The highest BCUT2D eigenvalue weighted by Crippen LogP contribution is 2.50. The zero-order chi connectivity index (χ0) is 15.8. The third-order valence-electron chi connectivity index (χ3n) is 4.84. The molecule has 0 aliphatic carbocycles. The summed E-state index contributed by atoms with van der Waals surface area (Å²) in [4.78, 5) is 14.6. The Kier molecular flexibility index (Phi) is 4.95. The number of carbonyl (C=O) groups is 1. The van der Waals surface area contributed by atoms with Gasteiger partial charge >= 0.3 is 5.97 Å². The summed E-state index contributed by atoms with van der Waals surface area (Å²) in [5.41, 5.74) is -0.787. The van der Waals surface area contributed by atoms with Crippen LogP contribution in [0, 0.1) is 11.3 Å². The van der Waals surface area contributed by atoms with Gasteiger partial charge in [-0.25, -0.2) is 0 Å². The second-order valence-corrected chi connectivity index (χ2v) is 8.36. The van der Waals surface area contributed by atoms with Crippen LogP contribution in [0.5, 0.6) is 0 Å². The lowest BCUT2D eigenvalue weighted by molar-refractivity contribution is -0.160. The Balaban J connectivity index is 3.32. The van der Waals surface area contributed by atoms with Gasteiger partial charge in [-0.2, -0.15) is 0 Å². The first-order valence-electron chi connectivity index (χ1n) is 7.99. The molecule has 0 radical (unpaired) electrons. The van der Waals surface area contributed by atoms with Gasteiger partial charge in [-0.15, -0.1) is 0 Å². The standard InChI is InChI=1S/C17H33NO2/c1-8-9-11-17(14(19)20)13(15(2,3)4)10-12-18(17)16(5,6)7/h13H,8-12H2,1-7H3,(H,19,20)/t13?,17-/m0/s1. The molecule has 1 unspecified atom stereocenters. The predicted molar refractivity (Wildman–Crippen MR) is 83.9 cm³/mol. The zero-order valence-electron chi connectivity index (χ0n) is 14.4. The Bertz CT molecular complexity index is 327. The van der Waals surface area contributed by atoms with Gasteiger partial charge in [0.15, 0.2) is 0 Å². The molecule has 1 aliphatic rings. The van der Waals surface area contributed by atoms with Crippen LogP contribution in [-0.4, -0.2) is 33.6 Å². The number of hydrogen-bond acceptors (Lipinski definition) is 2. The molecule has 0 spiro atoms. The fourth-order valence-corrected chi connectivity index (χ4v) is 4.09. The van der Waals surface area contributed by atoms with Gasteiger partial charge < -0.3 is 5.11 Å². The van der Waals surface area contributed by atoms with Crippen molar-refractivity contribution in [2.24, 2.45) is 11.3 Å². The lowest BCUT2D eigenvalue weighted by Crippen LogP contribution is -2.62. The van der Waals surface area contributed by atoms with E-state index in [4.69, 9.17) is 0 Å². The van der Waals surface area contributed by atoms with E-state index in [1.165, 1.54) is 0 Å². The number of likely N-dealkylation sites (tertiary alicyclic amines) is 1. The van der Waals surface area contributed by atoms with Crippen LogP contribution in [0.15, 0.2) is 0 Å². The van der Waals surface area contributed by atoms with E-state index >= 15 is 0 Å². The summed E-state index contributed by atoms with van der Waals surface area (Å²) in [5, 5.41) is 10.1. The second kappa shape index (κ2) is 5.67. The van der Waals surface area contributed by atoms with Crippen LogP contribution in [0.3, 0.4) is 0 Å². The lowest BCUT2D eigenvalue weighted by Gasteiger charge is -2.49. The number of rotatable bonds is 4. The number of nitrogens with zero attached hydrogens (tertiary/aromatic N) is 1. The Morgan fingerprint density at radius 3 is 2.15 bits per heavy atom. The molecule has 0 saturated carbocycles. The van der Waals surface area contributed by atoms with Crippen LogP contribution < -0.4 is 0 Å². The minimum absolute atomic E-state index is 0.0200. The maximum absolute atomic E-state index is 12.3. The van der Waals surface area contributed by atoms with E-state index < -0.39 is 11.5 Å². The van der Waals surface area contributed by atoms with Gasteiger partial charge in [0.25, 0.3) is 0 Å². The largest absolute Gasteiger partial charge is 0.480 e. The highest BCUT2D eigenvalue weighted by atomic mass is 16.4. The molecule has 1 rings (SSSR count). The average molecular weight is 283 g/mol. The Morgan fingerprint density at radius 2 is 1.80 bits per heavy atom. The number of unbranched alkanes of at least 4 members (excludes halogenated alkanes) is 1. The lowest BCUT2D eigenvalue weighted by atomic mass is 9.66. The molecule has 1 saturated heterocycles. The van der Waals surface area contributed by atoms with Gasteiger partial charge in [0.2, 0.25) is 0 Å². The maximum Gasteiger partial charge on any atom is 0.324 e. The molecular weight excluding hydrogens is 250 g/mol. The van der Waals surface area contributed by atoms with Crippen molar-refractivity contribution >= 4 is 5.97 Å².